The van der Waals surface area contributed by atoms with Gasteiger partial charge in [-0.05, 0) is 48.6 Å². The lowest BCUT2D eigenvalue weighted by atomic mass is 9.92. The molecule has 0 amide bonds. The van der Waals surface area contributed by atoms with Crippen LogP contribution in [-0.2, 0) is 13.0 Å². The van der Waals surface area contributed by atoms with E-state index in [0.29, 0.717) is 0 Å². The van der Waals surface area contributed by atoms with Gasteiger partial charge in [0.1, 0.15) is 5.82 Å². The molecule has 1 aromatic heterocycles. The van der Waals surface area contributed by atoms with Crippen molar-refractivity contribution >= 4 is 0 Å². The molecule has 1 heterocycles. The average molecular weight is 350 g/mol. The molecule has 3 aromatic rings. The maximum atomic E-state index is 13.8. The van der Waals surface area contributed by atoms with Gasteiger partial charge in [-0.25, -0.2) is 4.39 Å². The standard InChI is InChI=1S/C23H27FN2/c1-3-5-14-21-16-23(22(4-2)19-12-9-13-20(24)15-19)26(25-21)17-18-10-7-6-8-11-18/h6-13,15-16,22H,3-5,14,17H2,1-2H3. The highest BCUT2D eigenvalue weighted by atomic mass is 19.1. The van der Waals surface area contributed by atoms with Crippen LogP contribution in [0.4, 0.5) is 4.39 Å². The molecule has 2 aromatic carbocycles. The van der Waals surface area contributed by atoms with Gasteiger partial charge in [0.05, 0.1) is 12.2 Å². The second kappa shape index (κ2) is 8.79. The first-order chi connectivity index (χ1) is 12.7. The third kappa shape index (κ3) is 4.40. The number of hydrogen-bond acceptors (Lipinski definition) is 1. The first kappa shape index (κ1) is 18.4. The molecular weight excluding hydrogens is 323 g/mol. The second-order valence-electron chi connectivity index (χ2n) is 6.82. The summed E-state index contributed by atoms with van der Waals surface area (Å²) in [5, 5.41) is 4.88. The van der Waals surface area contributed by atoms with Crippen molar-refractivity contribution in [3.63, 3.8) is 0 Å². The summed E-state index contributed by atoms with van der Waals surface area (Å²) < 4.78 is 15.9. The summed E-state index contributed by atoms with van der Waals surface area (Å²) in [5.74, 6) is -0.0291. The Morgan fingerprint density at radius 3 is 2.50 bits per heavy atom. The van der Waals surface area contributed by atoms with Gasteiger partial charge in [-0.15, -0.1) is 0 Å². The fourth-order valence-corrected chi connectivity index (χ4v) is 3.47. The number of benzene rings is 2. The molecule has 0 radical (unpaired) electrons. The Morgan fingerprint density at radius 2 is 1.81 bits per heavy atom. The maximum absolute atomic E-state index is 13.8. The lowest BCUT2D eigenvalue weighted by Gasteiger charge is -2.18. The summed E-state index contributed by atoms with van der Waals surface area (Å²) >= 11 is 0. The van der Waals surface area contributed by atoms with E-state index < -0.39 is 0 Å². The van der Waals surface area contributed by atoms with Crippen molar-refractivity contribution < 1.29 is 4.39 Å². The van der Waals surface area contributed by atoms with Crippen LogP contribution in [0.1, 0.15) is 61.5 Å². The van der Waals surface area contributed by atoms with E-state index in [1.165, 1.54) is 17.3 Å². The Balaban J connectivity index is 1.98. The van der Waals surface area contributed by atoms with Crippen LogP contribution in [-0.4, -0.2) is 9.78 Å². The number of aryl methyl sites for hydroxylation is 1. The van der Waals surface area contributed by atoms with Crippen LogP contribution < -0.4 is 0 Å². The molecule has 0 spiro atoms. The predicted molar refractivity (Wildman–Crippen MR) is 105 cm³/mol. The molecule has 3 heteroatoms. The van der Waals surface area contributed by atoms with Crippen LogP contribution in [0.5, 0.6) is 0 Å². The SMILES string of the molecule is CCCCc1cc(C(CC)c2cccc(F)c2)n(Cc2ccccc2)n1. The molecule has 0 fully saturated rings. The van der Waals surface area contributed by atoms with Crippen LogP contribution >= 0.6 is 0 Å². The van der Waals surface area contributed by atoms with E-state index in [1.807, 2.05) is 12.1 Å². The van der Waals surface area contributed by atoms with Crippen molar-refractivity contribution in [1.29, 1.82) is 0 Å². The Bertz CT molecular complexity index is 823. The second-order valence-corrected chi connectivity index (χ2v) is 6.82. The third-order valence-corrected chi connectivity index (χ3v) is 4.84. The number of rotatable bonds is 8. The molecule has 0 saturated carbocycles. The summed E-state index contributed by atoms with van der Waals surface area (Å²) in [4.78, 5) is 0. The Kier molecular flexibility index (Phi) is 6.21. The van der Waals surface area contributed by atoms with Gasteiger partial charge in [-0.2, -0.15) is 5.10 Å². The van der Waals surface area contributed by atoms with Crippen LogP contribution in [0, 0.1) is 5.82 Å². The zero-order chi connectivity index (χ0) is 18.4. The third-order valence-electron chi connectivity index (χ3n) is 4.84. The Labute approximate surface area is 155 Å². The minimum Gasteiger partial charge on any atom is -0.264 e. The lowest BCUT2D eigenvalue weighted by Crippen LogP contribution is -2.11. The smallest absolute Gasteiger partial charge is 0.123 e. The number of nitrogens with zero attached hydrogens (tertiary/aromatic N) is 2. The molecule has 0 bridgehead atoms. The first-order valence-electron chi connectivity index (χ1n) is 9.57. The molecular formula is C23H27FN2. The van der Waals surface area contributed by atoms with Gasteiger partial charge < -0.3 is 0 Å². The number of hydrogen-bond donors (Lipinski definition) is 0. The van der Waals surface area contributed by atoms with E-state index in [0.717, 1.165) is 43.5 Å². The molecule has 26 heavy (non-hydrogen) atoms. The van der Waals surface area contributed by atoms with Crippen LogP contribution in [0.3, 0.4) is 0 Å². The van der Waals surface area contributed by atoms with Gasteiger partial charge >= 0.3 is 0 Å². The van der Waals surface area contributed by atoms with Gasteiger partial charge in [0.25, 0.3) is 0 Å². The average Bonchev–Trinajstić information content (AvgIpc) is 3.04. The van der Waals surface area contributed by atoms with Crippen molar-refractivity contribution in [2.45, 2.75) is 52.0 Å². The van der Waals surface area contributed by atoms with E-state index >= 15 is 0 Å². The van der Waals surface area contributed by atoms with Crippen molar-refractivity contribution in [3.05, 3.63) is 89.0 Å². The van der Waals surface area contributed by atoms with Crippen LogP contribution in [0.15, 0.2) is 60.7 Å². The Morgan fingerprint density at radius 1 is 1.00 bits per heavy atom. The zero-order valence-electron chi connectivity index (χ0n) is 15.7. The van der Waals surface area contributed by atoms with Crippen LogP contribution in [0.2, 0.25) is 0 Å². The largest absolute Gasteiger partial charge is 0.264 e. The highest BCUT2D eigenvalue weighted by Gasteiger charge is 2.19. The van der Waals surface area contributed by atoms with Crippen molar-refractivity contribution in [1.82, 2.24) is 9.78 Å². The van der Waals surface area contributed by atoms with E-state index in [-0.39, 0.29) is 11.7 Å². The number of unbranched alkanes of at least 4 members (excludes halogenated alkanes) is 1. The molecule has 3 rings (SSSR count). The minimum atomic E-state index is -0.179. The predicted octanol–water partition coefficient (Wildman–Crippen LogP) is 5.96. The maximum Gasteiger partial charge on any atom is 0.123 e. The lowest BCUT2D eigenvalue weighted by molar-refractivity contribution is 0.589. The highest BCUT2D eigenvalue weighted by Crippen LogP contribution is 2.29. The number of aromatic nitrogens is 2. The summed E-state index contributed by atoms with van der Waals surface area (Å²) in [7, 11) is 0. The van der Waals surface area contributed by atoms with Crippen LogP contribution in [0.25, 0.3) is 0 Å². The molecule has 1 unspecified atom stereocenters. The Hall–Kier alpha value is -2.42. The summed E-state index contributed by atoms with van der Waals surface area (Å²) in [6.45, 7) is 5.10. The van der Waals surface area contributed by atoms with Crippen molar-refractivity contribution in [2.24, 2.45) is 0 Å². The van der Waals surface area contributed by atoms with E-state index in [2.05, 4.69) is 48.9 Å². The summed E-state index contributed by atoms with van der Waals surface area (Å²) in [5.41, 5.74) is 4.55. The van der Waals surface area contributed by atoms with E-state index in [9.17, 15) is 4.39 Å². The van der Waals surface area contributed by atoms with Gasteiger partial charge in [-0.1, -0.05) is 62.7 Å². The minimum absolute atomic E-state index is 0.150. The van der Waals surface area contributed by atoms with E-state index in [4.69, 9.17) is 5.10 Å². The van der Waals surface area contributed by atoms with Crippen molar-refractivity contribution in [3.8, 4) is 0 Å². The number of halogens is 1. The van der Waals surface area contributed by atoms with Crippen molar-refractivity contribution in [2.75, 3.05) is 0 Å². The van der Waals surface area contributed by atoms with Gasteiger partial charge in [0.15, 0.2) is 0 Å². The molecule has 136 valence electrons. The van der Waals surface area contributed by atoms with Gasteiger partial charge in [-0.3, -0.25) is 4.68 Å². The molecule has 0 N–H and O–H groups in total. The zero-order valence-corrected chi connectivity index (χ0v) is 15.7. The summed E-state index contributed by atoms with van der Waals surface area (Å²) in [6, 6.07) is 19.6. The topological polar surface area (TPSA) is 17.8 Å². The molecule has 0 aliphatic rings. The quantitative estimate of drug-likeness (QED) is 0.490. The van der Waals surface area contributed by atoms with Gasteiger partial charge in [0, 0.05) is 11.6 Å². The molecule has 2 nitrogen and oxygen atoms in total. The van der Waals surface area contributed by atoms with E-state index in [1.54, 1.807) is 12.1 Å². The molecule has 0 aliphatic carbocycles. The normalized spacial score (nSPS) is 12.3. The fraction of sp³-hybridized carbons (Fsp3) is 0.348. The monoisotopic (exact) mass is 350 g/mol. The highest BCUT2D eigenvalue weighted by molar-refractivity contribution is 5.31. The molecule has 1 atom stereocenters. The molecule has 0 saturated heterocycles. The fourth-order valence-electron chi connectivity index (χ4n) is 3.47. The molecule has 0 aliphatic heterocycles. The first-order valence-corrected chi connectivity index (χ1v) is 9.57. The van der Waals surface area contributed by atoms with Gasteiger partial charge in [0.2, 0.25) is 0 Å². The summed E-state index contributed by atoms with van der Waals surface area (Å²) in [6.07, 6.45) is 4.20.